The fourth-order valence-electron chi connectivity index (χ4n) is 2.45. The van der Waals surface area contributed by atoms with Gasteiger partial charge < -0.3 is 9.47 Å². The molecule has 0 fully saturated rings. The van der Waals surface area contributed by atoms with Gasteiger partial charge in [0.15, 0.2) is 13.2 Å². The molecule has 8 nitrogen and oxygen atoms in total. The Hall–Kier alpha value is -3.58. The fourth-order valence-corrected chi connectivity index (χ4v) is 2.45. The lowest BCUT2D eigenvalue weighted by Crippen LogP contribution is -2.26. The summed E-state index contributed by atoms with van der Waals surface area (Å²) in [7, 11) is 1.49. The van der Waals surface area contributed by atoms with Gasteiger partial charge in [0.1, 0.15) is 17.1 Å². The van der Waals surface area contributed by atoms with Crippen LogP contribution in [0.15, 0.2) is 41.3 Å². The lowest BCUT2D eigenvalue weighted by molar-refractivity contribution is -0.155. The second-order valence-electron chi connectivity index (χ2n) is 6.14. The number of aromatic nitrogens is 5. The summed E-state index contributed by atoms with van der Waals surface area (Å²) in [5.41, 5.74) is -0.580. The van der Waals surface area contributed by atoms with Crippen LogP contribution >= 0.6 is 0 Å². The number of nitrogens with zero attached hydrogens (tertiary/aromatic N) is 5. The van der Waals surface area contributed by atoms with Gasteiger partial charge in [-0.15, -0.1) is 5.10 Å². The summed E-state index contributed by atoms with van der Waals surface area (Å²) in [6.07, 6.45) is -8.00. The highest BCUT2D eigenvalue weighted by molar-refractivity contribution is 5.53. The van der Waals surface area contributed by atoms with Crippen LogP contribution in [0.3, 0.4) is 0 Å². The molecule has 0 unspecified atom stereocenters. The van der Waals surface area contributed by atoms with Gasteiger partial charge in [-0.3, -0.25) is 4.79 Å². The minimum atomic E-state index is -4.71. The van der Waals surface area contributed by atoms with Crippen molar-refractivity contribution in [3.63, 3.8) is 0 Å². The van der Waals surface area contributed by atoms with Crippen LogP contribution in [0.5, 0.6) is 11.8 Å². The van der Waals surface area contributed by atoms with E-state index in [9.17, 15) is 31.1 Å². The van der Waals surface area contributed by atoms with Crippen molar-refractivity contribution >= 4 is 0 Å². The minimum absolute atomic E-state index is 0.00344. The second-order valence-corrected chi connectivity index (χ2v) is 6.14. The van der Waals surface area contributed by atoms with Crippen LogP contribution in [-0.4, -0.2) is 50.1 Å². The molecule has 0 aliphatic carbocycles. The number of hydrogen-bond donors (Lipinski definition) is 0. The molecule has 0 saturated carbocycles. The maximum atomic E-state index is 12.7. The molecule has 0 aliphatic rings. The molecule has 0 N–H and O–H groups in total. The van der Waals surface area contributed by atoms with Gasteiger partial charge in [0.25, 0.3) is 5.56 Å². The SMILES string of the molecule is Cn1nncc1-c1cc(=O)n(-c2ccc(OCC(F)(F)F)cc2)c(OCC(F)(F)F)n1. The molecular weight excluding hydrogens is 436 g/mol. The number of hydrogen-bond acceptors (Lipinski definition) is 6. The molecule has 3 rings (SSSR count). The third kappa shape index (κ3) is 5.73. The average molecular weight is 449 g/mol. The van der Waals surface area contributed by atoms with E-state index in [-0.39, 0.29) is 22.8 Å². The van der Waals surface area contributed by atoms with Crippen LogP contribution in [0, 0.1) is 0 Å². The van der Waals surface area contributed by atoms with E-state index in [4.69, 9.17) is 4.74 Å². The lowest BCUT2D eigenvalue weighted by Gasteiger charge is -2.15. The van der Waals surface area contributed by atoms with Crippen molar-refractivity contribution in [3.8, 4) is 28.8 Å². The van der Waals surface area contributed by atoms with E-state index in [1.165, 1.54) is 30.1 Å². The van der Waals surface area contributed by atoms with Crippen molar-refractivity contribution in [2.24, 2.45) is 7.05 Å². The predicted octanol–water partition coefficient (Wildman–Crippen LogP) is 2.91. The fraction of sp³-hybridized carbons (Fsp3) is 0.294. The van der Waals surface area contributed by atoms with Gasteiger partial charge in [0.2, 0.25) is 0 Å². The Bertz CT molecular complexity index is 1110. The molecule has 0 spiro atoms. The zero-order chi connectivity index (χ0) is 22.8. The van der Waals surface area contributed by atoms with Gasteiger partial charge in [0.05, 0.1) is 11.9 Å². The Morgan fingerprint density at radius 3 is 2.13 bits per heavy atom. The largest absolute Gasteiger partial charge is 0.484 e. The van der Waals surface area contributed by atoms with Gasteiger partial charge in [-0.05, 0) is 24.3 Å². The van der Waals surface area contributed by atoms with Gasteiger partial charge in [-0.2, -0.15) is 31.3 Å². The number of alkyl halides is 6. The van der Waals surface area contributed by atoms with Crippen LogP contribution in [0.25, 0.3) is 17.1 Å². The van der Waals surface area contributed by atoms with Gasteiger partial charge in [-0.25, -0.2) is 9.25 Å². The molecule has 166 valence electrons. The first-order valence-corrected chi connectivity index (χ1v) is 8.42. The van der Waals surface area contributed by atoms with Crippen molar-refractivity contribution in [2.45, 2.75) is 12.4 Å². The number of rotatable bonds is 6. The molecule has 14 heteroatoms. The normalized spacial score (nSPS) is 12.1. The summed E-state index contributed by atoms with van der Waals surface area (Å²) in [4.78, 5) is 16.6. The summed E-state index contributed by atoms with van der Waals surface area (Å²) in [5, 5.41) is 7.28. The Balaban J connectivity index is 2.00. The standard InChI is InChI=1S/C17H13F6N5O3/c1-27-13(7-24-26-27)12-6-14(29)28(15(25-12)31-9-17(21,22)23)10-2-4-11(5-3-10)30-8-16(18,19)20/h2-7H,8-9H2,1H3. The predicted molar refractivity (Wildman–Crippen MR) is 92.9 cm³/mol. The molecule has 2 heterocycles. The highest BCUT2D eigenvalue weighted by Gasteiger charge is 2.30. The smallest absolute Gasteiger partial charge is 0.422 e. The van der Waals surface area contributed by atoms with E-state index in [2.05, 4.69) is 20.0 Å². The van der Waals surface area contributed by atoms with Crippen LogP contribution in [-0.2, 0) is 7.05 Å². The van der Waals surface area contributed by atoms with Crippen LogP contribution in [0.1, 0.15) is 0 Å². The van der Waals surface area contributed by atoms with Crippen molar-refractivity contribution in [1.82, 2.24) is 24.5 Å². The number of benzene rings is 1. The summed E-state index contributed by atoms with van der Waals surface area (Å²) < 4.78 is 86.1. The van der Waals surface area contributed by atoms with Crippen LogP contribution in [0.2, 0.25) is 0 Å². The molecule has 0 radical (unpaired) electrons. The number of halogens is 6. The quantitative estimate of drug-likeness (QED) is 0.539. The van der Waals surface area contributed by atoms with E-state index in [0.717, 1.165) is 22.8 Å². The molecule has 0 aliphatic heterocycles. The van der Waals surface area contributed by atoms with Crippen molar-refractivity contribution in [1.29, 1.82) is 0 Å². The zero-order valence-corrected chi connectivity index (χ0v) is 15.6. The van der Waals surface area contributed by atoms with Crippen LogP contribution < -0.4 is 15.0 Å². The van der Waals surface area contributed by atoms with E-state index >= 15 is 0 Å². The molecule has 0 bridgehead atoms. The molecule has 0 atom stereocenters. The second kappa shape index (κ2) is 8.28. The first-order valence-electron chi connectivity index (χ1n) is 8.42. The summed E-state index contributed by atoms with van der Waals surface area (Å²) >= 11 is 0. The Labute approximate surface area is 169 Å². The zero-order valence-electron chi connectivity index (χ0n) is 15.6. The third-order valence-electron chi connectivity index (χ3n) is 3.73. The minimum Gasteiger partial charge on any atom is -0.484 e. The van der Waals surface area contributed by atoms with Crippen molar-refractivity contribution in [2.75, 3.05) is 13.2 Å². The first kappa shape index (κ1) is 22.1. The van der Waals surface area contributed by atoms with E-state index in [0.29, 0.717) is 0 Å². The Morgan fingerprint density at radius 2 is 1.58 bits per heavy atom. The number of aryl methyl sites for hydroxylation is 1. The maximum Gasteiger partial charge on any atom is 0.422 e. The monoisotopic (exact) mass is 449 g/mol. The molecule has 3 aromatic rings. The maximum absolute atomic E-state index is 12.7. The summed E-state index contributed by atoms with van der Waals surface area (Å²) in [6.45, 7) is -3.25. The summed E-state index contributed by atoms with van der Waals surface area (Å²) in [5.74, 6) is -0.155. The highest BCUT2D eigenvalue weighted by Crippen LogP contribution is 2.24. The number of ether oxygens (including phenoxy) is 2. The Kier molecular flexibility index (Phi) is 5.90. The van der Waals surface area contributed by atoms with E-state index in [1.807, 2.05) is 0 Å². The Morgan fingerprint density at radius 1 is 0.968 bits per heavy atom. The van der Waals surface area contributed by atoms with Crippen molar-refractivity contribution in [3.05, 3.63) is 46.9 Å². The van der Waals surface area contributed by atoms with Crippen LogP contribution in [0.4, 0.5) is 26.3 Å². The van der Waals surface area contributed by atoms with E-state index < -0.39 is 37.1 Å². The van der Waals surface area contributed by atoms with E-state index in [1.54, 1.807) is 0 Å². The van der Waals surface area contributed by atoms with Gasteiger partial charge in [-0.1, -0.05) is 5.21 Å². The first-order chi connectivity index (χ1) is 14.4. The third-order valence-corrected chi connectivity index (χ3v) is 3.73. The van der Waals surface area contributed by atoms with Gasteiger partial charge >= 0.3 is 18.4 Å². The molecule has 31 heavy (non-hydrogen) atoms. The summed E-state index contributed by atoms with van der Waals surface area (Å²) in [6, 6.07) is 4.97. The molecule has 1 aromatic carbocycles. The lowest BCUT2D eigenvalue weighted by atomic mass is 10.2. The molecule has 2 aromatic heterocycles. The molecule has 0 amide bonds. The van der Waals surface area contributed by atoms with Crippen molar-refractivity contribution < 1.29 is 35.8 Å². The molecular formula is C17H13F6N5O3. The highest BCUT2D eigenvalue weighted by atomic mass is 19.4. The van der Waals surface area contributed by atoms with Gasteiger partial charge in [0, 0.05) is 13.1 Å². The molecule has 0 saturated heterocycles. The average Bonchev–Trinajstić information content (AvgIpc) is 3.10. The topological polar surface area (TPSA) is 84.1 Å².